The fourth-order valence-corrected chi connectivity index (χ4v) is 4.37. The van der Waals surface area contributed by atoms with Crippen LogP contribution in [0.1, 0.15) is 46.8 Å². The zero-order valence-electron chi connectivity index (χ0n) is 17.1. The largest absolute Gasteiger partial charge is 0.348 e. The lowest BCUT2D eigenvalue weighted by molar-refractivity contribution is -0.384. The monoisotopic (exact) mass is 461 g/mol. The molecule has 2 unspecified atom stereocenters. The van der Waals surface area contributed by atoms with E-state index in [0.29, 0.717) is 12.2 Å². The van der Waals surface area contributed by atoms with Crippen LogP contribution in [0.15, 0.2) is 42.5 Å². The molecule has 0 saturated carbocycles. The molecular formula is C22H24ClN3O4S. The number of nitro groups is 1. The van der Waals surface area contributed by atoms with Crippen LogP contribution in [0.3, 0.4) is 0 Å². The number of benzene rings is 2. The standard InChI is InChI=1S/C22H24ClN3O4S/c1-31-12-11-19(25-21(27)15-9-10-17(23)20(13-15)26(29)30)22(28)24-18-8-4-6-14-5-2-3-7-16(14)18/h2-3,5,7,9-10,13,18-19H,4,6,8,11-12H2,1H3,(H,24,28)(H,25,27). The van der Waals surface area contributed by atoms with Crippen LogP contribution >= 0.6 is 23.4 Å². The van der Waals surface area contributed by atoms with Crippen molar-refractivity contribution in [2.24, 2.45) is 0 Å². The first kappa shape index (κ1) is 23.1. The molecule has 0 bridgehead atoms. The van der Waals surface area contributed by atoms with Crippen LogP contribution in [0.25, 0.3) is 0 Å². The van der Waals surface area contributed by atoms with E-state index in [2.05, 4.69) is 16.7 Å². The number of nitrogens with one attached hydrogen (secondary N) is 2. The molecule has 2 aromatic rings. The molecule has 0 aliphatic heterocycles. The van der Waals surface area contributed by atoms with Gasteiger partial charge < -0.3 is 10.6 Å². The van der Waals surface area contributed by atoms with E-state index in [1.807, 2.05) is 24.5 Å². The van der Waals surface area contributed by atoms with Gasteiger partial charge in [0.2, 0.25) is 5.91 Å². The van der Waals surface area contributed by atoms with Gasteiger partial charge in [0.05, 0.1) is 11.0 Å². The zero-order chi connectivity index (χ0) is 22.4. The highest BCUT2D eigenvalue weighted by Gasteiger charge is 2.27. The lowest BCUT2D eigenvalue weighted by Crippen LogP contribution is -2.48. The second-order valence-electron chi connectivity index (χ2n) is 7.38. The second kappa shape index (κ2) is 10.6. The molecule has 2 aromatic carbocycles. The Morgan fingerprint density at radius 3 is 2.81 bits per heavy atom. The number of halogens is 1. The maximum absolute atomic E-state index is 13.1. The van der Waals surface area contributed by atoms with Crippen molar-refractivity contribution in [3.8, 4) is 0 Å². The number of nitro benzene ring substituents is 1. The number of thioether (sulfide) groups is 1. The van der Waals surface area contributed by atoms with Crippen molar-refractivity contribution < 1.29 is 14.5 Å². The van der Waals surface area contributed by atoms with Crippen LogP contribution in [0.4, 0.5) is 5.69 Å². The minimum Gasteiger partial charge on any atom is -0.348 e. The van der Waals surface area contributed by atoms with Crippen LogP contribution in [-0.2, 0) is 11.2 Å². The smallest absolute Gasteiger partial charge is 0.288 e. The molecule has 7 nitrogen and oxygen atoms in total. The third kappa shape index (κ3) is 5.77. The third-order valence-electron chi connectivity index (χ3n) is 5.32. The summed E-state index contributed by atoms with van der Waals surface area (Å²) in [5.74, 6) is -0.127. The normalized spacial score (nSPS) is 16.1. The zero-order valence-corrected chi connectivity index (χ0v) is 18.7. The van der Waals surface area contributed by atoms with Gasteiger partial charge in [-0.2, -0.15) is 11.8 Å². The fraction of sp³-hybridized carbons (Fsp3) is 0.364. The minimum absolute atomic E-state index is 0.0470. The number of carbonyl (C=O) groups is 2. The first-order chi connectivity index (χ1) is 14.9. The van der Waals surface area contributed by atoms with Crippen LogP contribution < -0.4 is 10.6 Å². The Labute approximate surface area is 190 Å². The Hall–Kier alpha value is -2.58. The van der Waals surface area contributed by atoms with Crippen LogP contribution in [0.2, 0.25) is 5.02 Å². The molecule has 0 saturated heterocycles. The van der Waals surface area contributed by atoms with Gasteiger partial charge in [-0.25, -0.2) is 0 Å². The highest BCUT2D eigenvalue weighted by molar-refractivity contribution is 7.98. The van der Waals surface area contributed by atoms with E-state index < -0.39 is 16.9 Å². The van der Waals surface area contributed by atoms with Crippen LogP contribution in [0, 0.1) is 10.1 Å². The SMILES string of the molecule is CSCCC(NC(=O)c1ccc(Cl)c([N+](=O)[O-])c1)C(=O)NC1CCCc2ccccc21. The first-order valence-corrected chi connectivity index (χ1v) is 11.8. The van der Waals surface area contributed by atoms with E-state index in [1.165, 1.54) is 17.7 Å². The van der Waals surface area contributed by atoms with E-state index in [0.717, 1.165) is 30.9 Å². The van der Waals surface area contributed by atoms with E-state index in [-0.39, 0.29) is 28.2 Å². The van der Waals surface area contributed by atoms with Crippen molar-refractivity contribution in [1.82, 2.24) is 10.6 Å². The van der Waals surface area contributed by atoms with E-state index in [9.17, 15) is 19.7 Å². The van der Waals surface area contributed by atoms with Gasteiger partial charge in [-0.1, -0.05) is 35.9 Å². The van der Waals surface area contributed by atoms with Crippen molar-refractivity contribution in [3.63, 3.8) is 0 Å². The topological polar surface area (TPSA) is 101 Å². The van der Waals surface area contributed by atoms with Crippen molar-refractivity contribution in [2.75, 3.05) is 12.0 Å². The molecular weight excluding hydrogens is 438 g/mol. The van der Waals surface area contributed by atoms with Gasteiger partial charge in [0.1, 0.15) is 11.1 Å². The molecule has 1 aliphatic rings. The van der Waals surface area contributed by atoms with Crippen molar-refractivity contribution >= 4 is 40.9 Å². The predicted octanol–water partition coefficient (Wildman–Crippen LogP) is 4.29. The molecule has 164 valence electrons. The van der Waals surface area contributed by atoms with Gasteiger partial charge in [-0.15, -0.1) is 0 Å². The molecule has 9 heteroatoms. The maximum atomic E-state index is 13.1. The summed E-state index contributed by atoms with van der Waals surface area (Å²) < 4.78 is 0. The van der Waals surface area contributed by atoms with Gasteiger partial charge in [-0.05, 0) is 61.0 Å². The van der Waals surface area contributed by atoms with Gasteiger partial charge in [0, 0.05) is 11.6 Å². The van der Waals surface area contributed by atoms with Crippen molar-refractivity contribution in [2.45, 2.75) is 37.8 Å². The summed E-state index contributed by atoms with van der Waals surface area (Å²) in [4.78, 5) is 36.3. The number of hydrogen-bond donors (Lipinski definition) is 2. The molecule has 2 N–H and O–H groups in total. The quantitative estimate of drug-likeness (QED) is 0.451. The van der Waals surface area contributed by atoms with Gasteiger partial charge in [-0.3, -0.25) is 19.7 Å². The second-order valence-corrected chi connectivity index (χ2v) is 8.78. The summed E-state index contributed by atoms with van der Waals surface area (Å²) in [6.07, 6.45) is 5.19. The van der Waals surface area contributed by atoms with E-state index in [4.69, 9.17) is 11.6 Å². The fourth-order valence-electron chi connectivity index (χ4n) is 3.72. The molecule has 0 aromatic heterocycles. The van der Waals surface area contributed by atoms with Crippen molar-refractivity contribution in [1.29, 1.82) is 0 Å². The summed E-state index contributed by atoms with van der Waals surface area (Å²) in [6, 6.07) is 11.1. The number of nitrogens with zero attached hydrogens (tertiary/aromatic N) is 1. The predicted molar refractivity (Wildman–Crippen MR) is 123 cm³/mol. The highest BCUT2D eigenvalue weighted by Crippen LogP contribution is 2.29. The molecule has 3 rings (SSSR count). The molecule has 31 heavy (non-hydrogen) atoms. The Morgan fingerprint density at radius 2 is 2.06 bits per heavy atom. The number of carbonyl (C=O) groups excluding carboxylic acids is 2. The summed E-state index contributed by atoms with van der Waals surface area (Å²) >= 11 is 7.41. The summed E-state index contributed by atoms with van der Waals surface area (Å²) in [7, 11) is 0. The summed E-state index contributed by atoms with van der Waals surface area (Å²) in [6.45, 7) is 0. The molecule has 1 aliphatic carbocycles. The molecule has 0 heterocycles. The number of rotatable bonds is 8. The number of amides is 2. The summed E-state index contributed by atoms with van der Waals surface area (Å²) in [5.41, 5.74) is 2.09. The highest BCUT2D eigenvalue weighted by atomic mass is 35.5. The van der Waals surface area contributed by atoms with Crippen LogP contribution in [0.5, 0.6) is 0 Å². The van der Waals surface area contributed by atoms with Crippen LogP contribution in [-0.4, -0.2) is 34.8 Å². The summed E-state index contributed by atoms with van der Waals surface area (Å²) in [5, 5.41) is 16.9. The van der Waals surface area contributed by atoms with Gasteiger partial charge in [0.15, 0.2) is 0 Å². The van der Waals surface area contributed by atoms with E-state index >= 15 is 0 Å². The Kier molecular flexibility index (Phi) is 7.92. The Balaban J connectivity index is 1.74. The number of hydrogen-bond acceptors (Lipinski definition) is 5. The minimum atomic E-state index is -0.747. The molecule has 2 amide bonds. The maximum Gasteiger partial charge on any atom is 0.288 e. The third-order valence-corrected chi connectivity index (χ3v) is 6.29. The van der Waals surface area contributed by atoms with Gasteiger partial charge >= 0.3 is 0 Å². The average molecular weight is 462 g/mol. The number of fused-ring (bicyclic) bond motifs is 1. The molecule has 0 spiro atoms. The molecule has 0 radical (unpaired) electrons. The van der Waals surface area contributed by atoms with Crippen molar-refractivity contribution in [3.05, 3.63) is 74.3 Å². The average Bonchev–Trinajstić information content (AvgIpc) is 2.76. The number of aryl methyl sites for hydroxylation is 1. The Morgan fingerprint density at radius 1 is 1.29 bits per heavy atom. The van der Waals surface area contributed by atoms with E-state index in [1.54, 1.807) is 11.8 Å². The first-order valence-electron chi connectivity index (χ1n) is 10.0. The Bertz CT molecular complexity index is 985. The molecule has 2 atom stereocenters. The van der Waals surface area contributed by atoms with Gasteiger partial charge in [0.25, 0.3) is 11.6 Å². The molecule has 0 fully saturated rings. The lowest BCUT2D eigenvalue weighted by atomic mass is 9.87. The lowest BCUT2D eigenvalue weighted by Gasteiger charge is -2.28.